The SMILES string of the molecule is O=C(CC(c1cccc(Oc2ccccc2)c1)c1cn(Cc2ccccc2)c2ccccc12)N1CCN(C/C=C/c2ccccc2)CC1. The van der Waals surface area contributed by atoms with E-state index < -0.39 is 0 Å². The van der Waals surface area contributed by atoms with E-state index in [9.17, 15) is 4.79 Å². The summed E-state index contributed by atoms with van der Waals surface area (Å²) in [5, 5.41) is 1.18. The standard InChI is InChI=1S/C43H41N3O2/c47-43(45-28-26-44(27-29-45)25-13-18-34-14-4-1-5-15-34)31-40(36-19-12-22-38(30-36)48-37-20-8-3-9-21-37)41-33-46(32-35-16-6-2-7-17-35)42-24-11-10-23-39(41)42/h1-24,30,33,40H,25-29,31-32H2/b18-13+. The van der Waals surface area contributed by atoms with Crippen LogP contribution in [0.25, 0.3) is 17.0 Å². The van der Waals surface area contributed by atoms with Crippen LogP contribution < -0.4 is 4.74 Å². The average molecular weight is 632 g/mol. The summed E-state index contributed by atoms with van der Waals surface area (Å²) in [6, 6.07) is 47.6. The van der Waals surface area contributed by atoms with E-state index in [1.54, 1.807) is 0 Å². The van der Waals surface area contributed by atoms with Gasteiger partial charge in [-0.05, 0) is 52.6 Å². The fraction of sp³-hybridized carbons (Fsp3) is 0.186. The summed E-state index contributed by atoms with van der Waals surface area (Å²) >= 11 is 0. The summed E-state index contributed by atoms with van der Waals surface area (Å²) in [4.78, 5) is 18.6. The Balaban J connectivity index is 1.14. The average Bonchev–Trinajstić information content (AvgIpc) is 3.50. The lowest BCUT2D eigenvalue weighted by Gasteiger charge is -2.35. The van der Waals surface area contributed by atoms with Crippen LogP contribution in [0, 0.1) is 0 Å². The van der Waals surface area contributed by atoms with E-state index in [1.807, 2.05) is 48.5 Å². The monoisotopic (exact) mass is 631 g/mol. The van der Waals surface area contributed by atoms with E-state index in [1.165, 1.54) is 22.0 Å². The molecule has 5 aromatic carbocycles. The molecule has 0 spiro atoms. The first-order chi connectivity index (χ1) is 23.7. The highest BCUT2D eigenvalue weighted by Gasteiger charge is 2.27. The summed E-state index contributed by atoms with van der Waals surface area (Å²) in [6.07, 6.45) is 7.05. The van der Waals surface area contributed by atoms with Gasteiger partial charge in [-0.3, -0.25) is 9.69 Å². The van der Waals surface area contributed by atoms with Gasteiger partial charge in [0, 0.05) is 68.7 Å². The van der Waals surface area contributed by atoms with E-state index in [0.29, 0.717) is 6.42 Å². The summed E-state index contributed by atoms with van der Waals surface area (Å²) < 4.78 is 8.58. The van der Waals surface area contributed by atoms with Gasteiger partial charge in [0.15, 0.2) is 0 Å². The van der Waals surface area contributed by atoms with Gasteiger partial charge in [0.1, 0.15) is 11.5 Å². The largest absolute Gasteiger partial charge is 0.457 e. The molecule has 0 bridgehead atoms. The molecule has 1 aliphatic rings. The summed E-state index contributed by atoms with van der Waals surface area (Å²) in [7, 11) is 0. The molecule has 1 aliphatic heterocycles. The second-order valence-corrected chi connectivity index (χ2v) is 12.5. The fourth-order valence-electron chi connectivity index (χ4n) is 6.68. The topological polar surface area (TPSA) is 37.7 Å². The minimum Gasteiger partial charge on any atom is -0.457 e. The Morgan fingerprint density at radius 3 is 2.15 bits per heavy atom. The quantitative estimate of drug-likeness (QED) is 0.143. The van der Waals surface area contributed by atoms with Gasteiger partial charge in [0.2, 0.25) is 5.91 Å². The smallest absolute Gasteiger partial charge is 0.223 e. The number of para-hydroxylation sites is 2. The van der Waals surface area contributed by atoms with E-state index in [0.717, 1.165) is 61.9 Å². The first kappa shape index (κ1) is 31.2. The minimum absolute atomic E-state index is 0.134. The zero-order chi connectivity index (χ0) is 32.5. The van der Waals surface area contributed by atoms with Gasteiger partial charge in [-0.15, -0.1) is 0 Å². The van der Waals surface area contributed by atoms with Crippen molar-refractivity contribution in [1.82, 2.24) is 14.4 Å². The molecule has 5 nitrogen and oxygen atoms in total. The zero-order valence-corrected chi connectivity index (χ0v) is 27.2. The number of fused-ring (bicyclic) bond motifs is 1. The highest BCUT2D eigenvalue weighted by molar-refractivity contribution is 5.87. The number of nitrogens with zero attached hydrogens (tertiary/aromatic N) is 3. The molecule has 1 saturated heterocycles. The number of piperazine rings is 1. The van der Waals surface area contributed by atoms with Crippen LogP contribution in [0.4, 0.5) is 0 Å². The lowest BCUT2D eigenvalue weighted by molar-refractivity contribution is -0.133. The lowest BCUT2D eigenvalue weighted by Crippen LogP contribution is -2.48. The Labute approximate surface area is 283 Å². The molecule has 1 amide bonds. The second kappa shape index (κ2) is 15.0. The van der Waals surface area contributed by atoms with Crippen LogP contribution in [-0.4, -0.2) is 53.0 Å². The number of carbonyl (C=O) groups is 1. The number of hydrogen-bond acceptors (Lipinski definition) is 3. The van der Waals surface area contributed by atoms with Crippen molar-refractivity contribution < 1.29 is 9.53 Å². The Kier molecular flexibility index (Phi) is 9.76. The molecule has 240 valence electrons. The molecule has 7 rings (SSSR count). The molecule has 0 N–H and O–H groups in total. The van der Waals surface area contributed by atoms with Gasteiger partial charge < -0.3 is 14.2 Å². The predicted molar refractivity (Wildman–Crippen MR) is 195 cm³/mol. The van der Waals surface area contributed by atoms with Crippen molar-refractivity contribution in [2.45, 2.75) is 18.9 Å². The maximum absolute atomic E-state index is 14.1. The van der Waals surface area contributed by atoms with Crippen LogP contribution in [-0.2, 0) is 11.3 Å². The molecular weight excluding hydrogens is 590 g/mol. The minimum atomic E-state index is -0.134. The van der Waals surface area contributed by atoms with Crippen molar-refractivity contribution in [3.8, 4) is 11.5 Å². The molecule has 2 heterocycles. The molecule has 48 heavy (non-hydrogen) atoms. The third-order valence-electron chi connectivity index (χ3n) is 9.21. The van der Waals surface area contributed by atoms with Crippen LogP contribution in [0.15, 0.2) is 152 Å². The number of ether oxygens (including phenoxy) is 1. The van der Waals surface area contributed by atoms with Gasteiger partial charge in [-0.1, -0.05) is 121 Å². The Morgan fingerprint density at radius 2 is 1.38 bits per heavy atom. The lowest BCUT2D eigenvalue weighted by atomic mass is 9.87. The highest BCUT2D eigenvalue weighted by Crippen LogP contribution is 2.37. The van der Waals surface area contributed by atoms with Crippen LogP contribution >= 0.6 is 0 Å². The highest BCUT2D eigenvalue weighted by atomic mass is 16.5. The zero-order valence-electron chi connectivity index (χ0n) is 27.2. The number of carbonyl (C=O) groups excluding carboxylic acids is 1. The number of benzene rings is 5. The maximum atomic E-state index is 14.1. The summed E-state index contributed by atoms with van der Waals surface area (Å²) in [5.74, 6) is 1.61. The van der Waals surface area contributed by atoms with Gasteiger partial charge >= 0.3 is 0 Å². The van der Waals surface area contributed by atoms with Crippen LogP contribution in [0.3, 0.4) is 0 Å². The number of rotatable bonds is 11. The summed E-state index contributed by atoms with van der Waals surface area (Å²) in [5.41, 5.74) is 5.86. The van der Waals surface area contributed by atoms with Crippen molar-refractivity contribution in [2.24, 2.45) is 0 Å². The molecule has 0 saturated carbocycles. The molecule has 1 atom stereocenters. The van der Waals surface area contributed by atoms with E-state index >= 15 is 0 Å². The molecule has 1 aromatic heterocycles. The van der Waals surface area contributed by atoms with Gasteiger partial charge in [-0.25, -0.2) is 0 Å². The van der Waals surface area contributed by atoms with E-state index in [2.05, 4.69) is 124 Å². The van der Waals surface area contributed by atoms with Crippen LogP contribution in [0.2, 0.25) is 0 Å². The fourth-order valence-corrected chi connectivity index (χ4v) is 6.68. The van der Waals surface area contributed by atoms with E-state index in [-0.39, 0.29) is 11.8 Å². The number of hydrogen-bond donors (Lipinski definition) is 0. The third kappa shape index (κ3) is 7.59. The summed E-state index contributed by atoms with van der Waals surface area (Å²) in [6.45, 7) is 4.85. The first-order valence-corrected chi connectivity index (χ1v) is 16.9. The predicted octanol–water partition coefficient (Wildman–Crippen LogP) is 8.86. The van der Waals surface area contributed by atoms with Crippen LogP contribution in [0.1, 0.15) is 34.6 Å². The van der Waals surface area contributed by atoms with Gasteiger partial charge in [-0.2, -0.15) is 0 Å². The molecule has 1 unspecified atom stereocenters. The van der Waals surface area contributed by atoms with Crippen molar-refractivity contribution in [3.05, 3.63) is 174 Å². The molecule has 1 fully saturated rings. The van der Waals surface area contributed by atoms with Crippen molar-refractivity contribution in [3.63, 3.8) is 0 Å². The molecule has 6 aromatic rings. The van der Waals surface area contributed by atoms with Gasteiger partial charge in [0.05, 0.1) is 0 Å². The van der Waals surface area contributed by atoms with Crippen molar-refractivity contribution in [2.75, 3.05) is 32.7 Å². The second-order valence-electron chi connectivity index (χ2n) is 12.5. The number of aromatic nitrogens is 1. The Hall–Kier alpha value is -5.39. The third-order valence-corrected chi connectivity index (χ3v) is 9.21. The maximum Gasteiger partial charge on any atom is 0.223 e. The Bertz CT molecular complexity index is 1960. The molecule has 0 aliphatic carbocycles. The Morgan fingerprint density at radius 1 is 0.708 bits per heavy atom. The first-order valence-electron chi connectivity index (χ1n) is 16.9. The molecule has 5 heteroatoms. The van der Waals surface area contributed by atoms with E-state index in [4.69, 9.17) is 4.74 Å². The van der Waals surface area contributed by atoms with Gasteiger partial charge in [0.25, 0.3) is 0 Å². The molecule has 0 radical (unpaired) electrons. The van der Waals surface area contributed by atoms with Crippen molar-refractivity contribution in [1.29, 1.82) is 0 Å². The molecular formula is C43H41N3O2. The normalized spacial score (nSPS) is 14.4. The van der Waals surface area contributed by atoms with Crippen LogP contribution in [0.5, 0.6) is 11.5 Å². The number of amides is 1. The van der Waals surface area contributed by atoms with Crippen molar-refractivity contribution >= 4 is 22.9 Å².